The Morgan fingerprint density at radius 2 is 1.56 bits per heavy atom. The van der Waals surface area contributed by atoms with Crippen LogP contribution in [-0.4, -0.2) is 58.3 Å². The Bertz CT molecular complexity index is 730. The third-order valence-electron chi connectivity index (χ3n) is 8.56. The Labute approximate surface area is 206 Å². The van der Waals surface area contributed by atoms with Crippen LogP contribution < -0.4 is 0 Å². The fourth-order valence-corrected chi connectivity index (χ4v) is 5.87. The number of esters is 1. The predicted octanol–water partition coefficient (Wildman–Crippen LogP) is 3.82. The minimum absolute atomic E-state index is 0.0643. The van der Waals surface area contributed by atoms with Crippen LogP contribution in [0.15, 0.2) is 0 Å². The van der Waals surface area contributed by atoms with E-state index in [0.717, 1.165) is 0 Å². The topological polar surface area (TPSA) is 110 Å². The van der Waals surface area contributed by atoms with Gasteiger partial charge in [-0.3, -0.25) is 14.4 Å². The number of hydrogen-bond acceptors (Lipinski definition) is 7. The minimum Gasteiger partial charge on any atom is -0.459 e. The maximum Gasteiger partial charge on any atom is 0.316 e. The molecule has 0 spiro atoms. The molecule has 34 heavy (non-hydrogen) atoms. The summed E-state index contributed by atoms with van der Waals surface area (Å²) in [5.41, 5.74) is -2.70. The normalized spacial score (nSPS) is 42.3. The van der Waals surface area contributed by atoms with E-state index in [1.807, 2.05) is 13.8 Å². The predicted molar refractivity (Wildman–Crippen MR) is 131 cm³/mol. The van der Waals surface area contributed by atoms with Crippen molar-refractivity contribution in [2.24, 2.45) is 41.4 Å². The SMILES string of the molecule is CC[C@H]1OC(=O)[C@H](C)C(=O)[C@H](C)[C@@H](C(C)C(C)C)[C@](C)(OC)C[C@@H](C)C(=O)[C@H](C)[C@@H](O)[C@]1(C)O. The van der Waals surface area contributed by atoms with Crippen molar-refractivity contribution in [2.75, 3.05) is 7.11 Å². The van der Waals surface area contributed by atoms with E-state index in [0.29, 0.717) is 6.42 Å². The van der Waals surface area contributed by atoms with Gasteiger partial charge in [-0.1, -0.05) is 48.5 Å². The smallest absolute Gasteiger partial charge is 0.316 e. The number of carbonyl (C=O) groups excluding carboxylic acids is 3. The molecule has 0 bridgehead atoms. The van der Waals surface area contributed by atoms with Gasteiger partial charge in [-0.2, -0.15) is 0 Å². The number of ketones is 2. The van der Waals surface area contributed by atoms with Gasteiger partial charge in [0.25, 0.3) is 0 Å². The first-order valence-electron chi connectivity index (χ1n) is 12.7. The summed E-state index contributed by atoms with van der Waals surface area (Å²) in [4.78, 5) is 39.9. The number of cyclic esters (lactones) is 1. The van der Waals surface area contributed by atoms with E-state index in [-0.39, 0.29) is 35.7 Å². The Kier molecular flexibility index (Phi) is 10.5. The molecule has 0 aliphatic carbocycles. The number of ether oxygens (including phenoxy) is 2. The van der Waals surface area contributed by atoms with E-state index < -0.39 is 53.1 Å². The molecule has 1 fully saturated rings. The van der Waals surface area contributed by atoms with Crippen molar-refractivity contribution < 1.29 is 34.1 Å². The standard InChI is InChI=1S/C27H48O7/c1-12-20-27(10,32)24(30)18(7)22(28)15(4)13-26(9,33-11)21(16(5)14(2)3)17(6)23(29)19(8)25(31)34-20/h14-21,24,30,32H,12-13H2,1-11H3/t15-,16?,17-,18+,19-,20-,21-,24-,26-,27-/m1/s1. The van der Waals surface area contributed by atoms with E-state index in [9.17, 15) is 24.6 Å². The Morgan fingerprint density at radius 1 is 1.03 bits per heavy atom. The van der Waals surface area contributed by atoms with Crippen molar-refractivity contribution in [3.05, 3.63) is 0 Å². The molecule has 7 heteroatoms. The Balaban J connectivity index is 3.69. The fourth-order valence-electron chi connectivity index (χ4n) is 5.87. The van der Waals surface area contributed by atoms with E-state index in [2.05, 4.69) is 20.8 Å². The molecule has 0 aromatic rings. The summed E-state index contributed by atoms with van der Waals surface area (Å²) in [5.74, 6) is -4.12. The number of hydrogen-bond donors (Lipinski definition) is 2. The van der Waals surface area contributed by atoms with Crippen molar-refractivity contribution in [1.29, 1.82) is 0 Å². The maximum absolute atomic E-state index is 13.5. The molecule has 10 atom stereocenters. The molecule has 0 radical (unpaired) electrons. The molecule has 0 amide bonds. The highest BCUT2D eigenvalue weighted by Crippen LogP contribution is 2.43. The number of aliphatic hydroxyl groups excluding tert-OH is 1. The lowest BCUT2D eigenvalue weighted by Crippen LogP contribution is -2.56. The lowest BCUT2D eigenvalue weighted by Gasteiger charge is -2.46. The van der Waals surface area contributed by atoms with Crippen molar-refractivity contribution in [3.8, 4) is 0 Å². The van der Waals surface area contributed by atoms with Crippen molar-refractivity contribution >= 4 is 17.5 Å². The summed E-state index contributed by atoms with van der Waals surface area (Å²) < 4.78 is 11.6. The van der Waals surface area contributed by atoms with E-state index in [1.54, 1.807) is 27.9 Å². The highest BCUT2D eigenvalue weighted by Gasteiger charge is 2.50. The van der Waals surface area contributed by atoms with Gasteiger partial charge < -0.3 is 19.7 Å². The summed E-state index contributed by atoms with van der Waals surface area (Å²) in [5, 5.41) is 22.1. The zero-order valence-electron chi connectivity index (χ0n) is 23.0. The lowest BCUT2D eigenvalue weighted by molar-refractivity contribution is -0.191. The zero-order valence-corrected chi connectivity index (χ0v) is 23.0. The molecular weight excluding hydrogens is 436 g/mol. The molecule has 1 aliphatic rings. The largest absolute Gasteiger partial charge is 0.459 e. The van der Waals surface area contributed by atoms with Crippen LogP contribution in [0.5, 0.6) is 0 Å². The first-order valence-corrected chi connectivity index (χ1v) is 12.7. The maximum atomic E-state index is 13.5. The Hall–Kier alpha value is -1.31. The molecule has 1 saturated heterocycles. The molecule has 1 unspecified atom stereocenters. The van der Waals surface area contributed by atoms with Gasteiger partial charge in [-0.15, -0.1) is 0 Å². The van der Waals surface area contributed by atoms with Crippen LogP contribution in [0.25, 0.3) is 0 Å². The van der Waals surface area contributed by atoms with Crippen LogP contribution in [0.3, 0.4) is 0 Å². The second-order valence-electron chi connectivity index (χ2n) is 11.4. The highest BCUT2D eigenvalue weighted by molar-refractivity contribution is 6.00. The third kappa shape index (κ3) is 6.08. The van der Waals surface area contributed by atoms with Crippen molar-refractivity contribution in [2.45, 2.75) is 105 Å². The zero-order chi connectivity index (χ0) is 26.8. The van der Waals surface area contributed by atoms with Crippen LogP contribution in [0.2, 0.25) is 0 Å². The first-order chi connectivity index (χ1) is 15.5. The van der Waals surface area contributed by atoms with Crippen molar-refractivity contribution in [3.63, 3.8) is 0 Å². The van der Waals surface area contributed by atoms with Gasteiger partial charge in [0.15, 0.2) is 0 Å². The van der Waals surface area contributed by atoms with Crippen molar-refractivity contribution in [1.82, 2.24) is 0 Å². The molecule has 1 heterocycles. The van der Waals surface area contributed by atoms with Crippen LogP contribution in [0, 0.1) is 41.4 Å². The molecule has 1 aliphatic heterocycles. The van der Waals surface area contributed by atoms with Crippen LogP contribution in [-0.2, 0) is 23.9 Å². The van der Waals surface area contributed by atoms with Gasteiger partial charge in [0.05, 0.1) is 11.7 Å². The molecular formula is C27H48O7. The molecule has 198 valence electrons. The van der Waals surface area contributed by atoms with Gasteiger partial charge in [0.1, 0.15) is 29.2 Å². The average Bonchev–Trinajstić information content (AvgIpc) is 2.78. The van der Waals surface area contributed by atoms with Gasteiger partial charge in [0, 0.05) is 24.9 Å². The van der Waals surface area contributed by atoms with Crippen LogP contribution in [0.1, 0.15) is 82.1 Å². The molecule has 0 aromatic heterocycles. The summed E-state index contributed by atoms with van der Waals surface area (Å²) in [7, 11) is 1.59. The lowest BCUT2D eigenvalue weighted by atomic mass is 9.64. The molecule has 1 rings (SSSR count). The third-order valence-corrected chi connectivity index (χ3v) is 8.56. The quantitative estimate of drug-likeness (QED) is 0.461. The van der Waals surface area contributed by atoms with E-state index >= 15 is 0 Å². The van der Waals surface area contributed by atoms with Gasteiger partial charge in [-0.25, -0.2) is 0 Å². The monoisotopic (exact) mass is 484 g/mol. The number of aliphatic hydroxyl groups is 2. The minimum atomic E-state index is -1.86. The number of methoxy groups -OCH3 is 1. The number of carbonyl (C=O) groups is 3. The summed E-state index contributed by atoms with van der Waals surface area (Å²) in [6.45, 7) is 18.0. The summed E-state index contributed by atoms with van der Waals surface area (Å²) in [6.07, 6.45) is -1.95. The van der Waals surface area contributed by atoms with E-state index in [4.69, 9.17) is 9.47 Å². The van der Waals surface area contributed by atoms with Crippen LogP contribution >= 0.6 is 0 Å². The molecule has 0 saturated carbocycles. The second-order valence-corrected chi connectivity index (χ2v) is 11.4. The average molecular weight is 485 g/mol. The summed E-state index contributed by atoms with van der Waals surface area (Å²) in [6, 6.07) is 0. The molecule has 7 nitrogen and oxygen atoms in total. The number of Topliss-reactive ketones (excluding diaryl/α,β-unsaturated/α-hetero) is 2. The highest BCUT2D eigenvalue weighted by atomic mass is 16.6. The van der Waals surface area contributed by atoms with Gasteiger partial charge in [-0.05, 0) is 51.4 Å². The fraction of sp³-hybridized carbons (Fsp3) is 0.889. The van der Waals surface area contributed by atoms with Gasteiger partial charge >= 0.3 is 5.97 Å². The molecule has 2 N–H and O–H groups in total. The Morgan fingerprint density at radius 3 is 2.00 bits per heavy atom. The second kappa shape index (κ2) is 11.6. The van der Waals surface area contributed by atoms with Gasteiger partial charge in [0.2, 0.25) is 0 Å². The number of rotatable bonds is 4. The first kappa shape index (κ1) is 30.7. The van der Waals surface area contributed by atoms with E-state index in [1.165, 1.54) is 13.8 Å². The molecule has 0 aromatic carbocycles. The summed E-state index contributed by atoms with van der Waals surface area (Å²) >= 11 is 0. The van der Waals surface area contributed by atoms with Crippen LogP contribution in [0.4, 0.5) is 0 Å².